The first-order valence-electron chi connectivity index (χ1n) is 6.14. The van der Waals surface area contributed by atoms with E-state index in [0.29, 0.717) is 37.3 Å². The molecule has 4 nitrogen and oxygen atoms in total. The summed E-state index contributed by atoms with van der Waals surface area (Å²) in [5.74, 6) is 0.671. The molecule has 0 atom stereocenters. The Hall–Kier alpha value is -1.43. The molecule has 0 aromatic heterocycles. The highest BCUT2D eigenvalue weighted by atomic mass is 79.9. The van der Waals surface area contributed by atoms with Gasteiger partial charge in [-0.1, -0.05) is 23.2 Å². The maximum absolute atomic E-state index is 12.3. The van der Waals surface area contributed by atoms with E-state index in [1.165, 1.54) is 14.2 Å². The van der Waals surface area contributed by atoms with E-state index in [1.54, 1.807) is 30.3 Å². The molecule has 22 heavy (non-hydrogen) atoms. The highest BCUT2D eigenvalue weighted by molar-refractivity contribution is 9.10. The number of amides is 1. The zero-order valence-corrected chi connectivity index (χ0v) is 14.8. The lowest BCUT2D eigenvalue weighted by molar-refractivity contribution is 0.102. The van der Waals surface area contributed by atoms with E-state index < -0.39 is 0 Å². The summed E-state index contributed by atoms with van der Waals surface area (Å²) in [7, 11) is 3.03. The van der Waals surface area contributed by atoms with Crippen molar-refractivity contribution in [2.24, 2.45) is 0 Å². The van der Waals surface area contributed by atoms with E-state index in [1.807, 2.05) is 0 Å². The first-order valence-corrected chi connectivity index (χ1v) is 7.69. The van der Waals surface area contributed by atoms with Crippen LogP contribution in [-0.2, 0) is 0 Å². The molecule has 0 fully saturated rings. The number of hydrogen-bond acceptors (Lipinski definition) is 3. The fraction of sp³-hybridized carbons (Fsp3) is 0.133. The Bertz CT molecular complexity index is 722. The number of ether oxygens (including phenoxy) is 2. The lowest BCUT2D eigenvalue weighted by Gasteiger charge is -2.12. The summed E-state index contributed by atoms with van der Waals surface area (Å²) in [6.45, 7) is 0. The quantitative estimate of drug-likeness (QED) is 0.777. The summed E-state index contributed by atoms with van der Waals surface area (Å²) in [6, 6.07) is 8.11. The topological polar surface area (TPSA) is 47.6 Å². The second kappa shape index (κ2) is 7.22. The molecule has 116 valence electrons. The lowest BCUT2D eigenvalue weighted by Crippen LogP contribution is -2.12. The van der Waals surface area contributed by atoms with Crippen LogP contribution < -0.4 is 14.8 Å². The van der Waals surface area contributed by atoms with Crippen molar-refractivity contribution in [2.75, 3.05) is 19.5 Å². The van der Waals surface area contributed by atoms with Crippen LogP contribution >= 0.6 is 39.1 Å². The standard InChI is InChI=1S/C15H12BrCl2NO3/c1-21-13-6-8(5-10(16)14(13)22-2)15(20)19-9-3-4-11(17)12(18)7-9/h3-7H,1-2H3,(H,19,20). The molecule has 0 bridgehead atoms. The number of methoxy groups -OCH3 is 2. The zero-order valence-electron chi connectivity index (χ0n) is 11.7. The summed E-state index contributed by atoms with van der Waals surface area (Å²) in [5, 5.41) is 3.54. The minimum absolute atomic E-state index is 0.306. The number of rotatable bonds is 4. The summed E-state index contributed by atoms with van der Waals surface area (Å²) >= 11 is 15.1. The predicted octanol–water partition coefficient (Wildman–Crippen LogP) is 5.03. The zero-order chi connectivity index (χ0) is 16.3. The Balaban J connectivity index is 2.29. The van der Waals surface area contributed by atoms with Crippen LogP contribution in [0, 0.1) is 0 Å². The molecule has 2 rings (SSSR count). The third-order valence-corrected chi connectivity index (χ3v) is 4.20. The third kappa shape index (κ3) is 3.66. The molecule has 1 N–H and O–H groups in total. The molecular weight excluding hydrogens is 393 g/mol. The van der Waals surface area contributed by atoms with Gasteiger partial charge in [0.25, 0.3) is 5.91 Å². The molecule has 2 aromatic carbocycles. The van der Waals surface area contributed by atoms with Gasteiger partial charge in [0, 0.05) is 11.3 Å². The van der Waals surface area contributed by atoms with Crippen LogP contribution in [0.25, 0.3) is 0 Å². The summed E-state index contributed by atoms with van der Waals surface area (Å²) in [6.07, 6.45) is 0. The predicted molar refractivity (Wildman–Crippen MR) is 91.7 cm³/mol. The van der Waals surface area contributed by atoms with Crippen LogP contribution in [0.15, 0.2) is 34.8 Å². The lowest BCUT2D eigenvalue weighted by atomic mass is 10.2. The first kappa shape index (κ1) is 16.9. The van der Waals surface area contributed by atoms with Gasteiger partial charge in [0.05, 0.1) is 28.7 Å². The van der Waals surface area contributed by atoms with Gasteiger partial charge in [-0.25, -0.2) is 0 Å². The maximum atomic E-state index is 12.3. The highest BCUT2D eigenvalue weighted by Gasteiger charge is 2.15. The summed E-state index contributed by atoms with van der Waals surface area (Å²) in [4.78, 5) is 12.3. The number of nitrogens with one attached hydrogen (secondary N) is 1. The minimum atomic E-state index is -0.306. The van der Waals surface area contributed by atoms with Crippen molar-refractivity contribution in [3.05, 3.63) is 50.4 Å². The van der Waals surface area contributed by atoms with E-state index in [4.69, 9.17) is 32.7 Å². The number of hydrogen-bond donors (Lipinski definition) is 1. The van der Waals surface area contributed by atoms with Crippen LogP contribution in [-0.4, -0.2) is 20.1 Å². The molecule has 0 unspecified atom stereocenters. The van der Waals surface area contributed by atoms with Crippen LogP contribution in [0.2, 0.25) is 10.0 Å². The average molecular weight is 405 g/mol. The van der Waals surface area contributed by atoms with E-state index in [2.05, 4.69) is 21.2 Å². The number of anilines is 1. The molecule has 7 heteroatoms. The molecule has 1 amide bonds. The summed E-state index contributed by atoms with van der Waals surface area (Å²) in [5.41, 5.74) is 0.959. The number of benzene rings is 2. The third-order valence-electron chi connectivity index (χ3n) is 2.87. The van der Waals surface area contributed by atoms with Gasteiger partial charge in [0.2, 0.25) is 0 Å². The van der Waals surface area contributed by atoms with Crippen molar-refractivity contribution in [3.8, 4) is 11.5 Å². The Morgan fingerprint density at radius 3 is 2.41 bits per heavy atom. The van der Waals surface area contributed by atoms with Crippen molar-refractivity contribution in [1.82, 2.24) is 0 Å². The Kier molecular flexibility index (Phi) is 5.56. The van der Waals surface area contributed by atoms with Gasteiger partial charge in [-0.2, -0.15) is 0 Å². The molecule has 0 radical (unpaired) electrons. The number of carbonyl (C=O) groups excluding carboxylic acids is 1. The molecular formula is C15H12BrCl2NO3. The Morgan fingerprint density at radius 2 is 1.82 bits per heavy atom. The average Bonchev–Trinajstić information content (AvgIpc) is 2.50. The first-order chi connectivity index (χ1) is 10.5. The van der Waals surface area contributed by atoms with Gasteiger partial charge in [-0.15, -0.1) is 0 Å². The fourth-order valence-electron chi connectivity index (χ4n) is 1.83. The van der Waals surface area contributed by atoms with Crippen LogP contribution in [0.3, 0.4) is 0 Å². The smallest absolute Gasteiger partial charge is 0.255 e. The second-order valence-corrected chi connectivity index (χ2v) is 5.95. The Morgan fingerprint density at radius 1 is 1.09 bits per heavy atom. The van der Waals surface area contributed by atoms with Crippen molar-refractivity contribution >= 4 is 50.7 Å². The maximum Gasteiger partial charge on any atom is 0.255 e. The Labute approximate surface area is 146 Å². The molecule has 0 saturated heterocycles. The van der Waals surface area contributed by atoms with Gasteiger partial charge < -0.3 is 14.8 Å². The highest BCUT2D eigenvalue weighted by Crippen LogP contribution is 2.36. The van der Waals surface area contributed by atoms with Crippen molar-refractivity contribution in [1.29, 1.82) is 0 Å². The molecule has 0 aliphatic heterocycles. The van der Waals surface area contributed by atoms with Gasteiger partial charge >= 0.3 is 0 Å². The largest absolute Gasteiger partial charge is 0.493 e. The van der Waals surface area contributed by atoms with E-state index in [9.17, 15) is 4.79 Å². The second-order valence-electron chi connectivity index (χ2n) is 4.28. The van der Waals surface area contributed by atoms with Crippen LogP contribution in [0.1, 0.15) is 10.4 Å². The summed E-state index contributed by atoms with van der Waals surface area (Å²) < 4.78 is 11.1. The molecule has 0 heterocycles. The van der Waals surface area contributed by atoms with Gasteiger partial charge in [-0.05, 0) is 46.3 Å². The van der Waals surface area contributed by atoms with E-state index >= 15 is 0 Å². The van der Waals surface area contributed by atoms with Crippen LogP contribution in [0.4, 0.5) is 5.69 Å². The van der Waals surface area contributed by atoms with Crippen molar-refractivity contribution in [2.45, 2.75) is 0 Å². The SMILES string of the molecule is COc1cc(C(=O)Nc2ccc(Cl)c(Cl)c2)cc(Br)c1OC. The number of carbonyl (C=O) groups is 1. The van der Waals surface area contributed by atoms with Gasteiger partial charge in [-0.3, -0.25) is 4.79 Å². The van der Waals surface area contributed by atoms with Gasteiger partial charge in [0.1, 0.15) is 0 Å². The molecule has 2 aromatic rings. The van der Waals surface area contributed by atoms with Crippen molar-refractivity contribution in [3.63, 3.8) is 0 Å². The van der Waals surface area contributed by atoms with E-state index in [-0.39, 0.29) is 5.91 Å². The van der Waals surface area contributed by atoms with Crippen molar-refractivity contribution < 1.29 is 14.3 Å². The molecule has 0 aliphatic carbocycles. The molecule has 0 aliphatic rings. The number of halogens is 3. The van der Waals surface area contributed by atoms with Gasteiger partial charge in [0.15, 0.2) is 11.5 Å². The minimum Gasteiger partial charge on any atom is -0.493 e. The normalized spacial score (nSPS) is 10.2. The monoisotopic (exact) mass is 403 g/mol. The molecule has 0 spiro atoms. The van der Waals surface area contributed by atoms with E-state index in [0.717, 1.165) is 0 Å². The van der Waals surface area contributed by atoms with Crippen LogP contribution in [0.5, 0.6) is 11.5 Å². The fourth-order valence-corrected chi connectivity index (χ4v) is 2.73. The molecule has 0 saturated carbocycles.